The fraction of sp³-hybridized carbons (Fsp3) is 0.696. The molecule has 0 saturated heterocycles. The van der Waals surface area contributed by atoms with Crippen LogP contribution in [0.2, 0.25) is 0 Å². The molecule has 4 fully saturated rings. The van der Waals surface area contributed by atoms with Crippen molar-refractivity contribution in [1.82, 2.24) is 5.32 Å². The average Bonchev–Trinajstić information content (AvgIpc) is 2.64. The van der Waals surface area contributed by atoms with E-state index in [1.807, 2.05) is 0 Å². The van der Waals surface area contributed by atoms with Gasteiger partial charge in [-0.2, -0.15) is 0 Å². The maximum absolute atomic E-state index is 13.3. The normalized spacial score (nSPS) is 31.2. The average molecular weight is 387 g/mol. The molecule has 2 amide bonds. The third kappa shape index (κ3) is 3.50. The Kier molecular flexibility index (Phi) is 5.22. The number of urea groups is 1. The molecule has 27 heavy (non-hydrogen) atoms. The summed E-state index contributed by atoms with van der Waals surface area (Å²) in [6, 6.07) is 4.46. The molecule has 4 heteroatoms. The van der Waals surface area contributed by atoms with E-state index in [1.165, 1.54) is 55.2 Å². The fourth-order valence-electron chi connectivity index (χ4n) is 6.49. The summed E-state index contributed by atoms with van der Waals surface area (Å²) in [6.07, 6.45) is 10.5. The Morgan fingerprint density at radius 2 is 1.48 bits per heavy atom. The van der Waals surface area contributed by atoms with Crippen LogP contribution in [-0.2, 0) is 19.3 Å². The van der Waals surface area contributed by atoms with Crippen LogP contribution >= 0.6 is 12.8 Å². The molecule has 1 aromatic carbocycles. The Morgan fingerprint density at radius 3 is 1.89 bits per heavy atom. The number of anilines is 1. The molecule has 1 aromatic rings. The molecule has 4 saturated carbocycles. The molecular formula is C23H34N2OS. The molecular weight excluding hydrogens is 352 g/mol. The van der Waals surface area contributed by atoms with Crippen LogP contribution in [0.5, 0.6) is 0 Å². The van der Waals surface area contributed by atoms with Gasteiger partial charge in [0, 0.05) is 5.54 Å². The largest absolute Gasteiger partial charge is 0.332 e. The van der Waals surface area contributed by atoms with Crippen molar-refractivity contribution in [2.75, 3.05) is 4.31 Å². The predicted octanol–water partition coefficient (Wildman–Crippen LogP) is 5.70. The molecule has 4 bridgehead atoms. The van der Waals surface area contributed by atoms with E-state index in [-0.39, 0.29) is 11.6 Å². The van der Waals surface area contributed by atoms with Gasteiger partial charge in [0.25, 0.3) is 0 Å². The highest BCUT2D eigenvalue weighted by Crippen LogP contribution is 2.55. The molecule has 4 aliphatic rings. The zero-order valence-corrected chi connectivity index (χ0v) is 17.9. The summed E-state index contributed by atoms with van der Waals surface area (Å²) in [6.45, 7) is 6.51. The molecule has 148 valence electrons. The molecule has 0 aromatic heterocycles. The molecule has 5 rings (SSSR count). The predicted molar refractivity (Wildman–Crippen MR) is 115 cm³/mol. The zero-order valence-electron chi connectivity index (χ0n) is 17.1. The van der Waals surface area contributed by atoms with Crippen molar-refractivity contribution >= 4 is 24.5 Å². The van der Waals surface area contributed by atoms with E-state index in [9.17, 15) is 4.79 Å². The molecule has 0 radical (unpaired) electrons. The molecule has 0 unspecified atom stereocenters. The van der Waals surface area contributed by atoms with Crippen LogP contribution in [0.25, 0.3) is 0 Å². The van der Waals surface area contributed by atoms with Crippen molar-refractivity contribution in [3.8, 4) is 0 Å². The second-order valence-electron chi connectivity index (χ2n) is 9.26. The highest BCUT2D eigenvalue weighted by atomic mass is 32.1. The van der Waals surface area contributed by atoms with Crippen LogP contribution in [-0.4, -0.2) is 11.6 Å². The first-order valence-corrected chi connectivity index (χ1v) is 11.3. The number of benzene rings is 1. The van der Waals surface area contributed by atoms with Crippen molar-refractivity contribution in [3.05, 3.63) is 28.8 Å². The third-order valence-electron chi connectivity index (χ3n) is 7.31. The summed E-state index contributed by atoms with van der Waals surface area (Å²) in [4.78, 5) is 13.3. The minimum Gasteiger partial charge on any atom is -0.331 e. The van der Waals surface area contributed by atoms with Crippen LogP contribution < -0.4 is 9.62 Å². The molecule has 1 N–H and O–H groups in total. The number of hydrogen-bond acceptors (Lipinski definition) is 2. The Hall–Kier alpha value is -1.16. The van der Waals surface area contributed by atoms with E-state index in [0.29, 0.717) is 0 Å². The van der Waals surface area contributed by atoms with Crippen molar-refractivity contribution in [2.45, 2.75) is 84.1 Å². The van der Waals surface area contributed by atoms with Gasteiger partial charge in [0.1, 0.15) is 0 Å². The number of carbonyl (C=O) groups excluding carboxylic acids is 1. The van der Waals surface area contributed by atoms with Crippen LogP contribution in [0.1, 0.15) is 76.0 Å². The number of rotatable bonds is 5. The van der Waals surface area contributed by atoms with Crippen molar-refractivity contribution in [1.29, 1.82) is 0 Å². The van der Waals surface area contributed by atoms with Gasteiger partial charge in [0.2, 0.25) is 0 Å². The topological polar surface area (TPSA) is 32.3 Å². The van der Waals surface area contributed by atoms with Crippen LogP contribution in [0.4, 0.5) is 10.5 Å². The molecule has 3 nitrogen and oxygen atoms in total. The lowest BCUT2D eigenvalue weighted by Gasteiger charge is -2.57. The lowest BCUT2D eigenvalue weighted by Crippen LogP contribution is -2.61. The van der Waals surface area contributed by atoms with Crippen molar-refractivity contribution < 1.29 is 4.79 Å². The van der Waals surface area contributed by atoms with Crippen LogP contribution in [0, 0.1) is 17.8 Å². The molecule has 4 aliphatic carbocycles. The van der Waals surface area contributed by atoms with E-state index >= 15 is 0 Å². The second kappa shape index (κ2) is 7.35. The Balaban J connectivity index is 1.58. The van der Waals surface area contributed by atoms with Gasteiger partial charge < -0.3 is 5.32 Å². The van der Waals surface area contributed by atoms with Gasteiger partial charge in [-0.25, -0.2) is 9.10 Å². The van der Waals surface area contributed by atoms with Gasteiger partial charge in [-0.3, -0.25) is 0 Å². The zero-order chi connectivity index (χ0) is 19.2. The van der Waals surface area contributed by atoms with Crippen LogP contribution in [0.3, 0.4) is 0 Å². The monoisotopic (exact) mass is 386 g/mol. The van der Waals surface area contributed by atoms with E-state index in [0.717, 1.165) is 42.7 Å². The van der Waals surface area contributed by atoms with E-state index in [2.05, 4.69) is 38.2 Å². The smallest absolute Gasteiger partial charge is 0.331 e. The van der Waals surface area contributed by atoms with Gasteiger partial charge >= 0.3 is 6.03 Å². The quantitative estimate of drug-likeness (QED) is 0.625. The van der Waals surface area contributed by atoms with Gasteiger partial charge in [-0.1, -0.05) is 45.7 Å². The van der Waals surface area contributed by atoms with E-state index < -0.39 is 0 Å². The maximum Gasteiger partial charge on any atom is 0.332 e. The maximum atomic E-state index is 13.3. The number of aryl methyl sites for hydroxylation is 3. The summed E-state index contributed by atoms with van der Waals surface area (Å²) in [5, 5.41) is 3.46. The molecule has 0 aliphatic heterocycles. The van der Waals surface area contributed by atoms with Gasteiger partial charge in [-0.05, 0) is 92.2 Å². The van der Waals surface area contributed by atoms with Gasteiger partial charge in [0.15, 0.2) is 0 Å². The number of thiol groups is 1. The van der Waals surface area contributed by atoms with Gasteiger partial charge in [-0.15, -0.1) is 0 Å². The third-order valence-corrected chi connectivity index (χ3v) is 7.69. The summed E-state index contributed by atoms with van der Waals surface area (Å²) in [5.41, 5.74) is 4.82. The lowest BCUT2D eigenvalue weighted by atomic mass is 9.53. The first-order valence-electron chi connectivity index (χ1n) is 10.9. The first-order chi connectivity index (χ1) is 13.0. The molecule has 0 spiro atoms. The SMILES string of the molecule is CCc1cc(CC)c(N(S)C(=O)NC23CC4CC(CC(C4)C2)C3)c(CC)c1. The fourth-order valence-corrected chi connectivity index (χ4v) is 6.80. The Labute approximate surface area is 169 Å². The number of carbonyl (C=O) groups is 1. The minimum absolute atomic E-state index is 0.0227. The minimum atomic E-state index is -0.0334. The van der Waals surface area contributed by atoms with Gasteiger partial charge in [0.05, 0.1) is 5.69 Å². The number of hydrogen-bond donors (Lipinski definition) is 2. The summed E-state index contributed by atoms with van der Waals surface area (Å²) < 4.78 is 1.61. The summed E-state index contributed by atoms with van der Waals surface area (Å²) in [5.74, 6) is 2.48. The van der Waals surface area contributed by atoms with E-state index in [4.69, 9.17) is 12.8 Å². The van der Waals surface area contributed by atoms with E-state index in [1.54, 1.807) is 4.31 Å². The number of amides is 2. The molecule has 0 atom stereocenters. The first kappa shape index (κ1) is 19.2. The van der Waals surface area contributed by atoms with Crippen molar-refractivity contribution in [2.24, 2.45) is 17.8 Å². The van der Waals surface area contributed by atoms with Crippen molar-refractivity contribution in [3.63, 3.8) is 0 Å². The highest BCUT2D eigenvalue weighted by Gasteiger charge is 2.51. The highest BCUT2D eigenvalue weighted by molar-refractivity contribution is 7.82. The number of nitrogens with zero attached hydrogens (tertiary/aromatic N) is 1. The Bertz CT molecular complexity index is 669. The summed E-state index contributed by atoms with van der Waals surface area (Å²) >= 11 is 4.70. The Morgan fingerprint density at radius 1 is 1.00 bits per heavy atom. The van der Waals surface area contributed by atoms with Crippen LogP contribution in [0.15, 0.2) is 12.1 Å². The standard InChI is InChI=1S/C23H34N2OS/c1-4-15-10-19(5-2)21(20(6-3)11-15)25(27)22(26)24-23-12-16-7-17(13-23)9-18(8-16)14-23/h10-11,16-18,27H,4-9,12-14H2,1-3H3,(H,24,26). The molecule has 0 heterocycles. The summed E-state index contributed by atoms with van der Waals surface area (Å²) in [7, 11) is 0. The lowest BCUT2D eigenvalue weighted by molar-refractivity contribution is -0.0129. The number of nitrogens with one attached hydrogen (secondary N) is 1. The second-order valence-corrected chi connectivity index (χ2v) is 9.66.